The third-order valence-corrected chi connectivity index (χ3v) is 6.98. The highest BCUT2D eigenvalue weighted by molar-refractivity contribution is 14.1. The normalized spacial score (nSPS) is 24.1. The number of fused-ring (bicyclic) bond motifs is 1. The van der Waals surface area contributed by atoms with Gasteiger partial charge in [0.25, 0.3) is 0 Å². The SMILES string of the molecule is COC(=O)C1=C(N2CCN3[C@@H](CC[C@@H]3C#Cc3cccc(CI)c3)C2)CCC=C1. The molecule has 1 aliphatic carbocycles. The lowest BCUT2D eigenvalue weighted by Crippen LogP contribution is -2.52. The van der Waals surface area contributed by atoms with Crippen molar-refractivity contribution in [1.82, 2.24) is 9.80 Å². The van der Waals surface area contributed by atoms with E-state index < -0.39 is 0 Å². The van der Waals surface area contributed by atoms with Crippen molar-refractivity contribution in [2.45, 2.75) is 42.2 Å². The molecular weight excluding hydrogens is 475 g/mol. The Hall–Kier alpha value is -1.78. The standard InChI is InChI=1S/C24H27IN2O2/c1-29-24(28)22-7-2-3-8-23(22)26-13-14-27-20(11-12-21(27)17-26)10-9-18-5-4-6-19(15-18)16-25/h2,4-7,15,20-21H,3,8,11-14,16-17H2,1H3/t20-,21-/m0/s1. The highest BCUT2D eigenvalue weighted by Gasteiger charge is 2.37. The highest BCUT2D eigenvalue weighted by atomic mass is 127. The van der Waals surface area contributed by atoms with Gasteiger partial charge in [-0.2, -0.15) is 0 Å². The van der Waals surface area contributed by atoms with Gasteiger partial charge in [-0.05, 0) is 49.5 Å². The van der Waals surface area contributed by atoms with Gasteiger partial charge in [-0.3, -0.25) is 4.90 Å². The molecule has 0 amide bonds. The van der Waals surface area contributed by atoms with E-state index in [2.05, 4.69) is 74.6 Å². The molecule has 0 spiro atoms. The van der Waals surface area contributed by atoms with Gasteiger partial charge in [-0.1, -0.05) is 52.6 Å². The van der Waals surface area contributed by atoms with E-state index in [1.165, 1.54) is 19.1 Å². The Bertz CT molecular complexity index is 896. The first-order chi connectivity index (χ1) is 14.2. The van der Waals surface area contributed by atoms with Crippen molar-refractivity contribution in [2.75, 3.05) is 26.7 Å². The minimum atomic E-state index is -0.220. The van der Waals surface area contributed by atoms with E-state index in [1.54, 1.807) is 0 Å². The summed E-state index contributed by atoms with van der Waals surface area (Å²) in [4.78, 5) is 17.2. The van der Waals surface area contributed by atoms with Crippen LogP contribution in [0.2, 0.25) is 0 Å². The lowest BCUT2D eigenvalue weighted by molar-refractivity contribution is -0.135. The fourth-order valence-corrected chi connectivity index (χ4v) is 5.10. The van der Waals surface area contributed by atoms with Crippen molar-refractivity contribution in [3.8, 4) is 11.8 Å². The zero-order chi connectivity index (χ0) is 20.2. The summed E-state index contributed by atoms with van der Waals surface area (Å²) >= 11 is 2.39. The zero-order valence-corrected chi connectivity index (χ0v) is 19.0. The topological polar surface area (TPSA) is 32.8 Å². The summed E-state index contributed by atoms with van der Waals surface area (Å²) in [5, 5.41) is 0. The molecule has 152 valence electrons. The van der Waals surface area contributed by atoms with Crippen LogP contribution in [-0.2, 0) is 14.0 Å². The monoisotopic (exact) mass is 502 g/mol. The molecule has 0 N–H and O–H groups in total. The second-order valence-corrected chi connectivity index (χ2v) is 8.59. The summed E-state index contributed by atoms with van der Waals surface area (Å²) in [7, 11) is 1.46. The lowest BCUT2D eigenvalue weighted by atomic mass is 10.0. The van der Waals surface area contributed by atoms with Crippen molar-refractivity contribution in [3.05, 3.63) is 58.8 Å². The fourth-order valence-electron chi connectivity index (χ4n) is 4.63. The molecule has 1 aromatic carbocycles. The molecule has 2 saturated heterocycles. The molecule has 2 aliphatic heterocycles. The molecule has 4 rings (SSSR count). The Morgan fingerprint density at radius 2 is 2.21 bits per heavy atom. The van der Waals surface area contributed by atoms with Crippen molar-refractivity contribution in [2.24, 2.45) is 0 Å². The maximum Gasteiger partial charge on any atom is 0.339 e. The summed E-state index contributed by atoms with van der Waals surface area (Å²) in [6.07, 6.45) is 8.21. The minimum Gasteiger partial charge on any atom is -0.465 e. The first-order valence-corrected chi connectivity index (χ1v) is 11.9. The quantitative estimate of drug-likeness (QED) is 0.272. The van der Waals surface area contributed by atoms with Gasteiger partial charge < -0.3 is 9.64 Å². The number of esters is 1. The number of hydrogen-bond donors (Lipinski definition) is 0. The Morgan fingerprint density at radius 3 is 3.03 bits per heavy atom. The van der Waals surface area contributed by atoms with Crippen LogP contribution in [0.1, 0.15) is 36.8 Å². The largest absolute Gasteiger partial charge is 0.465 e. The molecule has 4 nitrogen and oxygen atoms in total. The molecule has 3 aliphatic rings. The molecule has 2 heterocycles. The number of ether oxygens (including phenoxy) is 1. The van der Waals surface area contributed by atoms with Crippen LogP contribution in [0.25, 0.3) is 0 Å². The molecule has 0 bridgehead atoms. The van der Waals surface area contributed by atoms with E-state index in [0.717, 1.165) is 60.2 Å². The number of alkyl halides is 1. The van der Waals surface area contributed by atoms with E-state index in [-0.39, 0.29) is 5.97 Å². The smallest absolute Gasteiger partial charge is 0.339 e. The molecule has 0 aromatic heterocycles. The van der Waals surface area contributed by atoms with E-state index in [0.29, 0.717) is 12.1 Å². The maximum atomic E-state index is 12.2. The molecule has 5 heteroatoms. The van der Waals surface area contributed by atoms with Crippen LogP contribution in [0.5, 0.6) is 0 Å². The van der Waals surface area contributed by atoms with Gasteiger partial charge in [0.2, 0.25) is 0 Å². The number of piperazine rings is 1. The Morgan fingerprint density at radius 1 is 1.31 bits per heavy atom. The minimum absolute atomic E-state index is 0.220. The molecule has 2 atom stereocenters. The van der Waals surface area contributed by atoms with Crippen LogP contribution in [0.15, 0.2) is 47.7 Å². The summed E-state index contributed by atoms with van der Waals surface area (Å²) in [6, 6.07) is 9.40. The summed E-state index contributed by atoms with van der Waals surface area (Å²) < 4.78 is 6.01. The Kier molecular flexibility index (Phi) is 6.61. The fraction of sp³-hybridized carbons (Fsp3) is 0.458. The second-order valence-electron chi connectivity index (χ2n) is 7.83. The van der Waals surface area contributed by atoms with Crippen molar-refractivity contribution < 1.29 is 9.53 Å². The first kappa shape index (κ1) is 20.5. The maximum absolute atomic E-state index is 12.2. The van der Waals surface area contributed by atoms with Crippen molar-refractivity contribution in [1.29, 1.82) is 0 Å². The van der Waals surface area contributed by atoms with Gasteiger partial charge in [0, 0.05) is 41.4 Å². The number of methoxy groups -OCH3 is 1. The number of halogens is 1. The van der Waals surface area contributed by atoms with Crippen molar-refractivity contribution in [3.63, 3.8) is 0 Å². The molecule has 0 radical (unpaired) electrons. The molecule has 0 saturated carbocycles. The zero-order valence-electron chi connectivity index (χ0n) is 16.9. The molecular formula is C24H27IN2O2. The Balaban J connectivity index is 1.45. The predicted molar refractivity (Wildman–Crippen MR) is 124 cm³/mol. The summed E-state index contributed by atoms with van der Waals surface area (Å²) in [5.74, 6) is 6.73. The molecule has 1 aromatic rings. The number of nitrogens with zero attached hydrogens (tertiary/aromatic N) is 2. The van der Waals surface area contributed by atoms with Crippen LogP contribution in [0, 0.1) is 11.8 Å². The van der Waals surface area contributed by atoms with E-state index in [1.807, 2.05) is 6.08 Å². The average Bonchev–Trinajstić information content (AvgIpc) is 3.19. The number of carbonyl (C=O) groups is 1. The highest BCUT2D eigenvalue weighted by Crippen LogP contribution is 2.32. The van der Waals surface area contributed by atoms with Gasteiger partial charge >= 0.3 is 5.97 Å². The number of allylic oxidation sites excluding steroid dienone is 2. The molecule has 29 heavy (non-hydrogen) atoms. The number of hydrogen-bond acceptors (Lipinski definition) is 4. The molecule has 2 fully saturated rings. The van der Waals surface area contributed by atoms with E-state index in [4.69, 9.17) is 4.74 Å². The summed E-state index contributed by atoms with van der Waals surface area (Å²) in [5.41, 5.74) is 4.33. The van der Waals surface area contributed by atoms with Gasteiger partial charge in [0.15, 0.2) is 0 Å². The van der Waals surface area contributed by atoms with Gasteiger partial charge in [0.1, 0.15) is 0 Å². The van der Waals surface area contributed by atoms with Crippen LogP contribution in [-0.4, -0.2) is 54.6 Å². The van der Waals surface area contributed by atoms with Crippen LogP contribution in [0.3, 0.4) is 0 Å². The van der Waals surface area contributed by atoms with Crippen LogP contribution >= 0.6 is 22.6 Å². The number of benzene rings is 1. The summed E-state index contributed by atoms with van der Waals surface area (Å²) in [6.45, 7) is 2.92. The van der Waals surface area contributed by atoms with Crippen LogP contribution in [0.4, 0.5) is 0 Å². The number of carbonyl (C=O) groups excluding carboxylic acids is 1. The third kappa shape index (κ3) is 4.54. The second kappa shape index (κ2) is 9.36. The van der Waals surface area contributed by atoms with Crippen LogP contribution < -0.4 is 0 Å². The first-order valence-electron chi connectivity index (χ1n) is 10.3. The lowest BCUT2D eigenvalue weighted by Gasteiger charge is -2.42. The van der Waals surface area contributed by atoms with Gasteiger partial charge in [0.05, 0.1) is 18.7 Å². The van der Waals surface area contributed by atoms with Gasteiger partial charge in [-0.15, -0.1) is 0 Å². The average molecular weight is 502 g/mol. The third-order valence-electron chi connectivity index (χ3n) is 6.10. The van der Waals surface area contributed by atoms with E-state index in [9.17, 15) is 4.79 Å². The predicted octanol–water partition coefficient (Wildman–Crippen LogP) is 3.90. The van der Waals surface area contributed by atoms with Crippen molar-refractivity contribution >= 4 is 28.6 Å². The Labute approximate surface area is 187 Å². The number of rotatable bonds is 3. The molecule has 0 unspecified atom stereocenters. The van der Waals surface area contributed by atoms with E-state index >= 15 is 0 Å². The van der Waals surface area contributed by atoms with Gasteiger partial charge in [-0.25, -0.2) is 4.79 Å².